The largest absolute Gasteiger partial charge is 0.327 e. The van der Waals surface area contributed by atoms with E-state index in [0.717, 1.165) is 11.8 Å². The molecule has 0 spiro atoms. The molecule has 0 aromatic rings. The fourth-order valence-electron chi connectivity index (χ4n) is 3.02. The Hall–Kier alpha value is -0.0400. The Morgan fingerprint density at radius 1 is 1.00 bits per heavy atom. The van der Waals surface area contributed by atoms with Crippen LogP contribution in [0.2, 0.25) is 0 Å². The standard InChI is InChI=1S/C16H33N/c1-15(2,3)10-9-12-11-13(16(4,5)6)7-8-14(12)17/h12-14H,7-11,17H2,1-6H3. The number of nitrogens with two attached hydrogens (primary N) is 1. The SMILES string of the molecule is CC(C)(C)CCC1CC(C(C)(C)C)CCC1N. The van der Waals surface area contributed by atoms with Crippen molar-refractivity contribution in [1.29, 1.82) is 0 Å². The Labute approximate surface area is 109 Å². The van der Waals surface area contributed by atoms with Crippen LogP contribution in [0.4, 0.5) is 0 Å². The van der Waals surface area contributed by atoms with E-state index in [1.54, 1.807) is 0 Å². The predicted octanol–water partition coefficient (Wildman–Crippen LogP) is 4.60. The van der Waals surface area contributed by atoms with Crippen LogP contribution in [0.3, 0.4) is 0 Å². The molecule has 0 aromatic heterocycles. The molecule has 1 nitrogen and oxygen atoms in total. The molecule has 0 bridgehead atoms. The summed E-state index contributed by atoms with van der Waals surface area (Å²) in [7, 11) is 0. The minimum Gasteiger partial charge on any atom is -0.327 e. The first-order valence-electron chi connectivity index (χ1n) is 7.35. The van der Waals surface area contributed by atoms with Gasteiger partial charge in [0.25, 0.3) is 0 Å². The van der Waals surface area contributed by atoms with E-state index in [2.05, 4.69) is 41.5 Å². The molecule has 17 heavy (non-hydrogen) atoms. The van der Waals surface area contributed by atoms with Crippen LogP contribution in [0.1, 0.15) is 73.6 Å². The summed E-state index contributed by atoms with van der Waals surface area (Å²) in [5, 5.41) is 0. The molecule has 0 saturated heterocycles. The van der Waals surface area contributed by atoms with E-state index < -0.39 is 0 Å². The van der Waals surface area contributed by atoms with Gasteiger partial charge < -0.3 is 5.73 Å². The van der Waals surface area contributed by atoms with Crippen molar-refractivity contribution >= 4 is 0 Å². The van der Waals surface area contributed by atoms with Gasteiger partial charge in [-0.05, 0) is 54.8 Å². The van der Waals surface area contributed by atoms with E-state index in [1.165, 1.54) is 32.1 Å². The van der Waals surface area contributed by atoms with Crippen LogP contribution in [0.5, 0.6) is 0 Å². The van der Waals surface area contributed by atoms with E-state index in [0.29, 0.717) is 16.9 Å². The molecule has 1 saturated carbocycles. The van der Waals surface area contributed by atoms with Crippen LogP contribution < -0.4 is 5.73 Å². The topological polar surface area (TPSA) is 26.0 Å². The monoisotopic (exact) mass is 239 g/mol. The van der Waals surface area contributed by atoms with E-state index in [-0.39, 0.29) is 0 Å². The highest BCUT2D eigenvalue weighted by atomic mass is 14.7. The summed E-state index contributed by atoms with van der Waals surface area (Å²) in [6, 6.07) is 0.455. The fourth-order valence-corrected chi connectivity index (χ4v) is 3.02. The number of rotatable bonds is 2. The summed E-state index contributed by atoms with van der Waals surface area (Å²) in [5.74, 6) is 1.62. The summed E-state index contributed by atoms with van der Waals surface area (Å²) in [6.45, 7) is 14.2. The third-order valence-electron chi connectivity index (χ3n) is 4.53. The van der Waals surface area contributed by atoms with Gasteiger partial charge in [-0.15, -0.1) is 0 Å². The zero-order valence-corrected chi connectivity index (χ0v) is 12.8. The molecule has 3 unspecified atom stereocenters. The van der Waals surface area contributed by atoms with Crippen molar-refractivity contribution in [3.05, 3.63) is 0 Å². The summed E-state index contributed by atoms with van der Waals surface area (Å²) < 4.78 is 0. The van der Waals surface area contributed by atoms with E-state index in [1.807, 2.05) is 0 Å². The van der Waals surface area contributed by atoms with Crippen molar-refractivity contribution in [2.45, 2.75) is 79.7 Å². The zero-order chi connectivity index (χ0) is 13.3. The molecule has 0 aliphatic heterocycles. The highest BCUT2D eigenvalue weighted by Gasteiger charge is 2.34. The van der Waals surface area contributed by atoms with Crippen LogP contribution in [-0.2, 0) is 0 Å². The molecule has 1 aliphatic carbocycles. The third-order valence-corrected chi connectivity index (χ3v) is 4.53. The molecule has 0 amide bonds. The van der Waals surface area contributed by atoms with E-state index in [9.17, 15) is 0 Å². The van der Waals surface area contributed by atoms with Crippen molar-refractivity contribution < 1.29 is 0 Å². The lowest BCUT2D eigenvalue weighted by Crippen LogP contribution is -2.39. The maximum Gasteiger partial charge on any atom is 0.00673 e. The average Bonchev–Trinajstić information content (AvgIpc) is 2.13. The number of hydrogen-bond acceptors (Lipinski definition) is 1. The Balaban J connectivity index is 2.52. The van der Waals surface area contributed by atoms with Crippen LogP contribution in [-0.4, -0.2) is 6.04 Å². The van der Waals surface area contributed by atoms with Crippen LogP contribution in [0, 0.1) is 22.7 Å². The third kappa shape index (κ3) is 4.99. The van der Waals surface area contributed by atoms with Crippen LogP contribution in [0.25, 0.3) is 0 Å². The van der Waals surface area contributed by atoms with Gasteiger partial charge >= 0.3 is 0 Å². The first kappa shape index (κ1) is 15.0. The Morgan fingerprint density at radius 2 is 1.59 bits per heavy atom. The van der Waals surface area contributed by atoms with Crippen molar-refractivity contribution in [1.82, 2.24) is 0 Å². The maximum absolute atomic E-state index is 6.31. The molecule has 2 N–H and O–H groups in total. The lowest BCUT2D eigenvalue weighted by molar-refractivity contribution is 0.115. The Morgan fingerprint density at radius 3 is 2.06 bits per heavy atom. The zero-order valence-electron chi connectivity index (χ0n) is 12.8. The first-order valence-corrected chi connectivity index (χ1v) is 7.35. The van der Waals surface area contributed by atoms with Crippen molar-refractivity contribution in [2.75, 3.05) is 0 Å². The molecular formula is C16H33N. The molecule has 1 heteroatoms. The lowest BCUT2D eigenvalue weighted by atomic mass is 9.66. The van der Waals surface area contributed by atoms with E-state index >= 15 is 0 Å². The molecular weight excluding hydrogens is 206 g/mol. The minimum atomic E-state index is 0.453. The molecule has 102 valence electrons. The highest BCUT2D eigenvalue weighted by molar-refractivity contribution is 4.87. The van der Waals surface area contributed by atoms with Gasteiger partial charge in [-0.3, -0.25) is 0 Å². The molecule has 0 aromatic carbocycles. The van der Waals surface area contributed by atoms with Crippen molar-refractivity contribution in [3.63, 3.8) is 0 Å². The molecule has 3 atom stereocenters. The second-order valence-corrected chi connectivity index (χ2v) is 8.40. The Bertz CT molecular complexity index is 231. The smallest absolute Gasteiger partial charge is 0.00673 e. The highest BCUT2D eigenvalue weighted by Crippen LogP contribution is 2.42. The predicted molar refractivity (Wildman–Crippen MR) is 77.0 cm³/mol. The minimum absolute atomic E-state index is 0.453. The fraction of sp³-hybridized carbons (Fsp3) is 1.00. The van der Waals surface area contributed by atoms with Gasteiger partial charge in [0, 0.05) is 6.04 Å². The molecule has 1 aliphatic rings. The number of hydrogen-bond donors (Lipinski definition) is 1. The quantitative estimate of drug-likeness (QED) is 0.748. The second kappa shape index (κ2) is 5.30. The van der Waals surface area contributed by atoms with Crippen molar-refractivity contribution in [2.24, 2.45) is 28.4 Å². The summed E-state index contributed by atoms with van der Waals surface area (Å²) in [4.78, 5) is 0. The molecule has 0 heterocycles. The Kier molecular flexibility index (Phi) is 4.68. The lowest BCUT2D eigenvalue weighted by Gasteiger charge is -2.41. The van der Waals surface area contributed by atoms with Gasteiger partial charge in [0.15, 0.2) is 0 Å². The van der Waals surface area contributed by atoms with Gasteiger partial charge in [-0.1, -0.05) is 41.5 Å². The average molecular weight is 239 g/mol. The molecule has 1 rings (SSSR count). The van der Waals surface area contributed by atoms with E-state index in [4.69, 9.17) is 5.73 Å². The first-order chi connectivity index (χ1) is 7.59. The van der Waals surface area contributed by atoms with Gasteiger partial charge in [0.05, 0.1) is 0 Å². The molecule has 0 radical (unpaired) electrons. The van der Waals surface area contributed by atoms with Crippen LogP contribution >= 0.6 is 0 Å². The van der Waals surface area contributed by atoms with Crippen molar-refractivity contribution in [3.8, 4) is 0 Å². The molecule has 1 fully saturated rings. The summed E-state index contributed by atoms with van der Waals surface area (Å²) in [5.41, 5.74) is 7.23. The maximum atomic E-state index is 6.31. The van der Waals surface area contributed by atoms with Gasteiger partial charge in [0.1, 0.15) is 0 Å². The van der Waals surface area contributed by atoms with Gasteiger partial charge in [-0.2, -0.15) is 0 Å². The van der Waals surface area contributed by atoms with Gasteiger partial charge in [0.2, 0.25) is 0 Å². The second-order valence-electron chi connectivity index (χ2n) is 8.40. The normalized spacial score (nSPS) is 31.6. The van der Waals surface area contributed by atoms with Crippen LogP contribution in [0.15, 0.2) is 0 Å². The summed E-state index contributed by atoms with van der Waals surface area (Å²) >= 11 is 0. The summed E-state index contributed by atoms with van der Waals surface area (Å²) in [6.07, 6.45) is 6.54. The van der Waals surface area contributed by atoms with Gasteiger partial charge in [-0.25, -0.2) is 0 Å².